The van der Waals surface area contributed by atoms with E-state index in [9.17, 15) is 4.79 Å². The van der Waals surface area contributed by atoms with Gasteiger partial charge in [0, 0.05) is 31.8 Å². The number of hydrogen-bond donors (Lipinski definition) is 2. The first-order valence-electron chi connectivity index (χ1n) is 4.85. The van der Waals surface area contributed by atoms with Gasteiger partial charge in [-0.1, -0.05) is 0 Å². The third-order valence-electron chi connectivity index (χ3n) is 2.52. The van der Waals surface area contributed by atoms with Gasteiger partial charge in [0.2, 0.25) is 5.91 Å². The Morgan fingerprint density at radius 1 is 1.67 bits per heavy atom. The van der Waals surface area contributed by atoms with E-state index in [2.05, 4.69) is 5.10 Å². The molecule has 0 unspecified atom stereocenters. The van der Waals surface area contributed by atoms with Crippen molar-refractivity contribution >= 4 is 11.6 Å². The van der Waals surface area contributed by atoms with Gasteiger partial charge in [0.05, 0.1) is 11.9 Å². The van der Waals surface area contributed by atoms with Crippen molar-refractivity contribution in [2.75, 3.05) is 25.4 Å². The highest BCUT2D eigenvalue weighted by molar-refractivity contribution is 5.76. The van der Waals surface area contributed by atoms with E-state index in [0.29, 0.717) is 18.8 Å². The number of aliphatic hydroxyl groups excluding tert-OH is 1. The minimum Gasteiger partial charge on any atom is -0.396 e. The molecule has 0 saturated carbocycles. The molecule has 0 aliphatic carbocycles. The van der Waals surface area contributed by atoms with Crippen molar-refractivity contribution in [1.82, 2.24) is 14.7 Å². The molecule has 3 N–H and O–H groups in total. The van der Waals surface area contributed by atoms with Crippen LogP contribution < -0.4 is 5.73 Å². The van der Waals surface area contributed by atoms with Crippen LogP contribution in [0.3, 0.4) is 0 Å². The van der Waals surface area contributed by atoms with E-state index in [-0.39, 0.29) is 25.0 Å². The fraction of sp³-hybridized carbons (Fsp3) is 0.556. The van der Waals surface area contributed by atoms with Crippen molar-refractivity contribution in [3.05, 3.63) is 12.4 Å². The van der Waals surface area contributed by atoms with E-state index in [1.54, 1.807) is 11.1 Å². The van der Waals surface area contributed by atoms with Gasteiger partial charge in [-0.2, -0.15) is 5.10 Å². The Labute approximate surface area is 87.3 Å². The lowest BCUT2D eigenvalue weighted by Gasteiger charge is -2.38. The van der Waals surface area contributed by atoms with Gasteiger partial charge in [-0.3, -0.25) is 9.48 Å². The molecule has 1 aromatic heterocycles. The first kappa shape index (κ1) is 9.97. The maximum absolute atomic E-state index is 11.6. The summed E-state index contributed by atoms with van der Waals surface area (Å²) in [5.41, 5.74) is 6.03. The van der Waals surface area contributed by atoms with Crippen LogP contribution in [0.5, 0.6) is 0 Å². The maximum Gasteiger partial charge on any atom is 0.244 e. The number of nitrogens with zero attached hydrogens (tertiary/aromatic N) is 3. The largest absolute Gasteiger partial charge is 0.396 e. The molecule has 0 spiro atoms. The quantitative estimate of drug-likeness (QED) is 0.664. The zero-order valence-corrected chi connectivity index (χ0v) is 8.33. The van der Waals surface area contributed by atoms with Gasteiger partial charge in [0.15, 0.2) is 0 Å². The molecule has 6 heteroatoms. The number of amides is 1. The highest BCUT2D eigenvalue weighted by Crippen LogP contribution is 2.14. The molecule has 1 aliphatic heterocycles. The number of rotatable bonds is 3. The van der Waals surface area contributed by atoms with Crippen LogP contribution in [0.25, 0.3) is 0 Å². The normalized spacial score (nSPS) is 16.5. The molecular formula is C9H14N4O2. The molecule has 0 bridgehead atoms. The molecule has 0 radical (unpaired) electrons. The van der Waals surface area contributed by atoms with Gasteiger partial charge < -0.3 is 15.7 Å². The lowest BCUT2D eigenvalue weighted by atomic mass is 10.0. The van der Waals surface area contributed by atoms with Crippen molar-refractivity contribution in [3.63, 3.8) is 0 Å². The Morgan fingerprint density at radius 2 is 2.40 bits per heavy atom. The molecule has 1 amide bonds. The highest BCUT2D eigenvalue weighted by Gasteiger charge is 2.29. The van der Waals surface area contributed by atoms with Crippen LogP contribution in [-0.4, -0.2) is 45.4 Å². The molecule has 0 aromatic carbocycles. The number of likely N-dealkylation sites (tertiary alicyclic amines) is 1. The van der Waals surface area contributed by atoms with Crippen molar-refractivity contribution in [1.29, 1.82) is 0 Å². The van der Waals surface area contributed by atoms with E-state index in [1.165, 1.54) is 10.9 Å². The predicted octanol–water partition coefficient (Wildman–Crippen LogP) is -1.08. The van der Waals surface area contributed by atoms with E-state index in [4.69, 9.17) is 10.8 Å². The fourth-order valence-corrected chi connectivity index (χ4v) is 1.59. The van der Waals surface area contributed by atoms with Crippen LogP contribution in [0.4, 0.5) is 5.69 Å². The summed E-state index contributed by atoms with van der Waals surface area (Å²) in [6.07, 6.45) is 3.14. The van der Waals surface area contributed by atoms with Gasteiger partial charge >= 0.3 is 0 Å². The molecule has 2 heterocycles. The minimum absolute atomic E-state index is 0.0165. The predicted molar refractivity (Wildman–Crippen MR) is 53.8 cm³/mol. The van der Waals surface area contributed by atoms with Gasteiger partial charge in [-0.05, 0) is 0 Å². The Balaban J connectivity index is 1.83. The van der Waals surface area contributed by atoms with Gasteiger partial charge in [0.25, 0.3) is 0 Å². The summed E-state index contributed by atoms with van der Waals surface area (Å²) in [6, 6.07) is 0. The minimum atomic E-state index is 0.0165. The number of anilines is 1. The Morgan fingerprint density at radius 3 is 2.93 bits per heavy atom. The number of hydrogen-bond acceptors (Lipinski definition) is 4. The summed E-state index contributed by atoms with van der Waals surface area (Å²) in [7, 11) is 0. The van der Waals surface area contributed by atoms with Crippen molar-refractivity contribution in [2.24, 2.45) is 5.92 Å². The number of carbonyl (C=O) groups is 1. The number of carbonyl (C=O) groups excluding carboxylic acids is 1. The second-order valence-corrected chi connectivity index (χ2v) is 3.82. The summed E-state index contributed by atoms with van der Waals surface area (Å²) in [5, 5.41) is 12.7. The SMILES string of the molecule is Nc1cnn(CC(=O)N2CC(CO)C2)c1. The summed E-state index contributed by atoms with van der Waals surface area (Å²) in [5.74, 6) is 0.263. The lowest BCUT2D eigenvalue weighted by molar-refractivity contribution is -0.139. The van der Waals surface area contributed by atoms with Crippen molar-refractivity contribution in [2.45, 2.75) is 6.54 Å². The smallest absolute Gasteiger partial charge is 0.244 e. The molecule has 0 atom stereocenters. The molecule has 1 aliphatic rings. The number of nitrogens with two attached hydrogens (primary N) is 1. The lowest BCUT2D eigenvalue weighted by Crippen LogP contribution is -2.52. The molecule has 6 nitrogen and oxygen atoms in total. The number of aliphatic hydroxyl groups is 1. The van der Waals surface area contributed by atoms with Gasteiger partial charge in [-0.15, -0.1) is 0 Å². The number of aromatic nitrogens is 2. The number of nitrogen functional groups attached to an aromatic ring is 1. The zero-order valence-electron chi connectivity index (χ0n) is 8.33. The van der Waals surface area contributed by atoms with Crippen LogP contribution in [0.2, 0.25) is 0 Å². The second-order valence-electron chi connectivity index (χ2n) is 3.82. The van der Waals surface area contributed by atoms with Crippen LogP contribution in [0.15, 0.2) is 12.4 Å². The van der Waals surface area contributed by atoms with E-state index in [1.807, 2.05) is 0 Å². The Hall–Kier alpha value is -1.56. The molecule has 1 fully saturated rings. The van der Waals surface area contributed by atoms with E-state index >= 15 is 0 Å². The first-order valence-corrected chi connectivity index (χ1v) is 4.85. The fourth-order valence-electron chi connectivity index (χ4n) is 1.59. The highest BCUT2D eigenvalue weighted by atomic mass is 16.3. The average Bonchev–Trinajstić information content (AvgIpc) is 2.49. The van der Waals surface area contributed by atoms with Crippen LogP contribution >= 0.6 is 0 Å². The molecular weight excluding hydrogens is 196 g/mol. The zero-order chi connectivity index (χ0) is 10.8. The molecule has 82 valence electrons. The Kier molecular flexibility index (Phi) is 2.59. The van der Waals surface area contributed by atoms with Gasteiger partial charge in [0.1, 0.15) is 6.54 Å². The van der Waals surface area contributed by atoms with Crippen LogP contribution in [-0.2, 0) is 11.3 Å². The van der Waals surface area contributed by atoms with Crippen molar-refractivity contribution < 1.29 is 9.90 Å². The second kappa shape index (κ2) is 3.90. The summed E-state index contributed by atoms with van der Waals surface area (Å²) in [6.45, 7) is 1.66. The monoisotopic (exact) mass is 210 g/mol. The van der Waals surface area contributed by atoms with Crippen molar-refractivity contribution in [3.8, 4) is 0 Å². The third-order valence-corrected chi connectivity index (χ3v) is 2.52. The molecule has 1 saturated heterocycles. The summed E-state index contributed by atoms with van der Waals surface area (Å²) < 4.78 is 1.52. The maximum atomic E-state index is 11.6. The van der Waals surface area contributed by atoms with E-state index in [0.717, 1.165) is 0 Å². The van der Waals surface area contributed by atoms with E-state index < -0.39 is 0 Å². The average molecular weight is 210 g/mol. The summed E-state index contributed by atoms with van der Waals surface area (Å²) in [4.78, 5) is 13.3. The van der Waals surface area contributed by atoms with Gasteiger partial charge in [-0.25, -0.2) is 0 Å². The van der Waals surface area contributed by atoms with Crippen LogP contribution in [0.1, 0.15) is 0 Å². The first-order chi connectivity index (χ1) is 7.19. The molecule has 1 aromatic rings. The molecule has 15 heavy (non-hydrogen) atoms. The third kappa shape index (κ3) is 2.10. The standard InChI is InChI=1S/C9H14N4O2/c10-8-1-11-13(4-8)5-9(15)12-2-7(3-12)6-14/h1,4,7,14H,2-3,5-6,10H2. The summed E-state index contributed by atoms with van der Waals surface area (Å²) >= 11 is 0. The van der Waals surface area contributed by atoms with Crippen LogP contribution in [0, 0.1) is 5.92 Å². The molecule has 2 rings (SSSR count). The topological polar surface area (TPSA) is 84.4 Å². The Bertz CT molecular complexity index is 357.